The van der Waals surface area contributed by atoms with Gasteiger partial charge in [-0.05, 0) is 25.2 Å². The van der Waals surface area contributed by atoms with Gasteiger partial charge in [-0.1, -0.05) is 0 Å². The first-order chi connectivity index (χ1) is 17.5. The molecule has 0 radical (unpaired) electrons. The van der Waals surface area contributed by atoms with Crippen LogP contribution in [0.2, 0.25) is 0 Å². The van der Waals surface area contributed by atoms with Gasteiger partial charge in [0.25, 0.3) is 0 Å². The number of fused-ring (bicyclic) bond motifs is 1. The Bertz CT molecular complexity index is 1280. The molecule has 4 N–H and O–H groups in total. The number of ether oxygens (including phenoxy) is 1. The Morgan fingerprint density at radius 2 is 2.06 bits per heavy atom. The summed E-state index contributed by atoms with van der Waals surface area (Å²) in [6.07, 6.45) is 12.5. The Morgan fingerprint density at radius 1 is 1.25 bits per heavy atom. The lowest BCUT2D eigenvalue weighted by atomic mass is 9.50. The van der Waals surface area contributed by atoms with E-state index in [-0.39, 0.29) is 5.54 Å². The van der Waals surface area contributed by atoms with Crippen molar-refractivity contribution in [1.82, 2.24) is 39.9 Å². The summed E-state index contributed by atoms with van der Waals surface area (Å²) in [4.78, 5) is 27.1. The van der Waals surface area contributed by atoms with Crippen molar-refractivity contribution in [1.29, 1.82) is 0 Å². The largest absolute Gasteiger partial charge is 0.465 e. The normalized spacial score (nSPS) is 23.2. The number of carbonyl (C=O) groups is 1. The number of nitrogens with one attached hydrogen (secondary N) is 3. The zero-order chi connectivity index (χ0) is 25.0. The van der Waals surface area contributed by atoms with Crippen LogP contribution in [-0.2, 0) is 4.74 Å². The molecule has 3 saturated carbocycles. The topological polar surface area (TPSA) is 155 Å². The quantitative estimate of drug-likeness (QED) is 0.334. The zero-order valence-electron chi connectivity index (χ0n) is 19.3. The van der Waals surface area contributed by atoms with Crippen LogP contribution in [0, 0.1) is 5.92 Å². The third-order valence-electron chi connectivity index (χ3n) is 6.28. The number of H-pyrrole nitrogens is 1. The third-order valence-corrected chi connectivity index (χ3v) is 6.28. The van der Waals surface area contributed by atoms with E-state index in [4.69, 9.17) is 5.11 Å². The smallest absolute Gasteiger partial charge is 0.405 e. The fourth-order valence-electron chi connectivity index (χ4n) is 4.40. The first-order valence-corrected chi connectivity index (χ1v) is 11.6. The first-order valence-electron chi connectivity index (χ1n) is 11.6. The van der Waals surface area contributed by atoms with Crippen LogP contribution in [0.4, 0.5) is 21.0 Å². The van der Waals surface area contributed by atoms with Crippen LogP contribution in [0.25, 0.3) is 16.9 Å². The highest BCUT2D eigenvalue weighted by atomic mass is 19.1. The fourth-order valence-corrected chi connectivity index (χ4v) is 4.40. The Balaban J connectivity index is 0.000000145. The van der Waals surface area contributed by atoms with Gasteiger partial charge in [-0.15, -0.1) is 0 Å². The number of halogens is 1. The predicted molar refractivity (Wildman–Crippen MR) is 127 cm³/mol. The molecule has 8 rings (SSSR count). The highest BCUT2D eigenvalue weighted by Gasteiger charge is 2.57. The number of rotatable bonds is 4. The van der Waals surface area contributed by atoms with E-state index in [1.807, 2.05) is 22.7 Å². The average molecular weight is 496 g/mol. The van der Waals surface area contributed by atoms with Crippen molar-refractivity contribution in [2.75, 3.05) is 18.5 Å². The van der Waals surface area contributed by atoms with Crippen LogP contribution in [0.5, 0.6) is 0 Å². The second-order valence-electron chi connectivity index (χ2n) is 8.99. The maximum atomic E-state index is 11.8. The number of hydrogen-bond acceptors (Lipinski definition) is 8. The molecule has 5 heterocycles. The molecule has 4 aromatic heterocycles. The van der Waals surface area contributed by atoms with Crippen LogP contribution in [0.3, 0.4) is 0 Å². The number of aromatic nitrogens is 7. The second kappa shape index (κ2) is 10.2. The summed E-state index contributed by atoms with van der Waals surface area (Å²) in [5.41, 5.74) is 2.40. The number of carboxylic acid groups (broad SMARTS) is 1. The Hall–Kier alpha value is -4.13. The molecule has 4 fully saturated rings. The van der Waals surface area contributed by atoms with Gasteiger partial charge in [-0.25, -0.2) is 29.1 Å². The van der Waals surface area contributed by atoms with E-state index in [2.05, 4.69) is 45.5 Å². The number of alkyl halides is 1. The number of nitrogens with zero attached hydrogens (tertiary/aromatic N) is 6. The molecule has 1 saturated heterocycles. The van der Waals surface area contributed by atoms with E-state index >= 15 is 0 Å². The number of amides is 1. The van der Waals surface area contributed by atoms with Crippen molar-refractivity contribution in [3.05, 3.63) is 49.4 Å². The van der Waals surface area contributed by atoms with E-state index in [1.54, 1.807) is 24.8 Å². The molecule has 1 amide bonds. The summed E-state index contributed by atoms with van der Waals surface area (Å²) in [6, 6.07) is 3.71. The van der Waals surface area contributed by atoms with Crippen molar-refractivity contribution in [2.24, 2.45) is 5.92 Å². The maximum absolute atomic E-state index is 11.8. The summed E-state index contributed by atoms with van der Waals surface area (Å²) in [5, 5.41) is 20.8. The van der Waals surface area contributed by atoms with Gasteiger partial charge in [0.2, 0.25) is 5.95 Å². The molecular weight excluding hydrogens is 469 g/mol. The van der Waals surface area contributed by atoms with Gasteiger partial charge >= 0.3 is 6.09 Å². The summed E-state index contributed by atoms with van der Waals surface area (Å²) in [5.74, 6) is 2.23. The van der Waals surface area contributed by atoms with Crippen molar-refractivity contribution < 1.29 is 19.0 Å². The molecule has 0 spiro atoms. The van der Waals surface area contributed by atoms with E-state index in [1.165, 1.54) is 6.33 Å². The molecule has 188 valence electrons. The lowest BCUT2D eigenvalue weighted by molar-refractivity contribution is -0.0448. The lowest BCUT2D eigenvalue weighted by Gasteiger charge is -2.61. The van der Waals surface area contributed by atoms with Crippen molar-refractivity contribution in [3.63, 3.8) is 0 Å². The minimum Gasteiger partial charge on any atom is -0.465 e. The molecule has 1 atom stereocenters. The van der Waals surface area contributed by atoms with Gasteiger partial charge in [0.05, 0.1) is 18.5 Å². The SMILES string of the molecule is FC1CCOC1.O=C(O)NC12CC(C1)C2.c1ncc(-c2cc3nccn3c(Nc3ccn[nH]3)n2)cn1. The van der Waals surface area contributed by atoms with Gasteiger partial charge in [0, 0.05) is 61.1 Å². The summed E-state index contributed by atoms with van der Waals surface area (Å²) >= 11 is 0. The van der Waals surface area contributed by atoms with Gasteiger partial charge in [-0.2, -0.15) is 5.10 Å². The van der Waals surface area contributed by atoms with E-state index in [0.29, 0.717) is 25.6 Å². The highest BCUT2D eigenvalue weighted by Crippen LogP contribution is 2.56. The molecule has 4 aromatic rings. The molecule has 13 heteroatoms. The Kier molecular flexibility index (Phi) is 6.71. The number of hydrogen-bond donors (Lipinski definition) is 4. The summed E-state index contributed by atoms with van der Waals surface area (Å²) in [7, 11) is 0. The fraction of sp³-hybridized carbons (Fsp3) is 0.391. The van der Waals surface area contributed by atoms with Crippen LogP contribution in [0.1, 0.15) is 25.7 Å². The zero-order valence-corrected chi connectivity index (χ0v) is 19.3. The molecule has 2 bridgehead atoms. The molecule has 36 heavy (non-hydrogen) atoms. The highest BCUT2D eigenvalue weighted by molar-refractivity contribution is 5.67. The van der Waals surface area contributed by atoms with Crippen LogP contribution in [-0.4, -0.2) is 70.7 Å². The Morgan fingerprint density at radius 3 is 2.58 bits per heavy atom. The summed E-state index contributed by atoms with van der Waals surface area (Å²) < 4.78 is 18.3. The summed E-state index contributed by atoms with van der Waals surface area (Å²) in [6.45, 7) is 0.932. The monoisotopic (exact) mass is 495 g/mol. The Labute approximate surface area is 205 Å². The van der Waals surface area contributed by atoms with E-state index in [9.17, 15) is 9.18 Å². The molecule has 3 aliphatic carbocycles. The van der Waals surface area contributed by atoms with Crippen LogP contribution < -0.4 is 10.6 Å². The molecular formula is C23H26FN9O3. The van der Waals surface area contributed by atoms with Gasteiger partial charge in [0.15, 0.2) is 0 Å². The molecule has 0 aromatic carbocycles. The maximum Gasteiger partial charge on any atom is 0.405 e. The number of imidazole rings is 1. The minimum absolute atomic E-state index is 0.0382. The minimum atomic E-state index is -0.867. The van der Waals surface area contributed by atoms with Crippen molar-refractivity contribution in [2.45, 2.75) is 37.4 Å². The van der Waals surface area contributed by atoms with Crippen molar-refractivity contribution >= 4 is 23.5 Å². The second-order valence-corrected chi connectivity index (χ2v) is 8.99. The molecule has 12 nitrogen and oxygen atoms in total. The van der Waals surface area contributed by atoms with Crippen LogP contribution >= 0.6 is 0 Å². The van der Waals surface area contributed by atoms with Crippen LogP contribution in [0.15, 0.2) is 49.4 Å². The number of aromatic amines is 1. The molecule has 1 unspecified atom stereocenters. The third kappa shape index (κ3) is 5.40. The lowest BCUT2D eigenvalue weighted by Crippen LogP contribution is -2.67. The number of anilines is 2. The van der Waals surface area contributed by atoms with E-state index in [0.717, 1.165) is 47.9 Å². The van der Waals surface area contributed by atoms with Gasteiger partial charge in [0.1, 0.15) is 24.0 Å². The first kappa shape index (κ1) is 23.6. The van der Waals surface area contributed by atoms with Crippen molar-refractivity contribution in [3.8, 4) is 11.3 Å². The van der Waals surface area contributed by atoms with Gasteiger partial charge < -0.3 is 20.5 Å². The average Bonchev–Trinajstić information content (AvgIpc) is 3.60. The van der Waals surface area contributed by atoms with Gasteiger partial charge in [-0.3, -0.25) is 9.50 Å². The molecule has 1 aliphatic heterocycles. The van der Waals surface area contributed by atoms with E-state index < -0.39 is 12.3 Å². The standard InChI is InChI=1S/C13H10N8.C6H9NO2.C4H7FO/c1-2-17-20-11(1)19-13-18-10(9-6-14-8-15-7-9)5-12-16-3-4-21(12)13;8-5(9)7-6-1-4(2-6)3-6;5-4-1-2-6-3-4/h1-8H,(H2,17,18,19,20);4,7H,1-3H2,(H,8,9);4H,1-3H2. The molecule has 4 aliphatic rings. The predicted octanol–water partition coefficient (Wildman–Crippen LogP) is 3.20.